The van der Waals surface area contributed by atoms with Crippen LogP contribution in [-0.4, -0.2) is 156 Å². The number of amides is 4. The van der Waals surface area contributed by atoms with Gasteiger partial charge in [-0.1, -0.05) is 0 Å². The molecule has 0 fully saturated rings. The van der Waals surface area contributed by atoms with E-state index in [0.29, 0.717) is 25.6 Å². The van der Waals surface area contributed by atoms with E-state index in [1.54, 1.807) is 0 Å². The quantitative estimate of drug-likeness (QED) is 0.0158. The monoisotopic (exact) mass is 844 g/mol. The largest absolute Gasteiger partial charge is 0.488 e. The number of nitrogens with one attached hydrogen (secondary N) is 4. The molecule has 0 radical (unpaired) electrons. The first-order valence-corrected chi connectivity index (χ1v) is 28.2. The minimum atomic E-state index is -5.03. The molecule has 0 aromatic heterocycles. The van der Waals surface area contributed by atoms with Gasteiger partial charge in [0.05, 0.1) is 0 Å². The number of nitrogens with two attached hydrogens (primary N) is 2. The maximum absolute atomic E-state index is 11.9. The highest BCUT2D eigenvalue weighted by atomic mass is 28.5. The molecular weight excluding hydrogens is 789 g/mol. The van der Waals surface area contributed by atoms with Crippen molar-refractivity contribution in [3.63, 3.8) is 0 Å². The lowest BCUT2D eigenvalue weighted by Crippen LogP contribution is -2.67. The van der Waals surface area contributed by atoms with Gasteiger partial charge in [0.25, 0.3) is 0 Å². The molecular formula is C22H56N6O17Si6. The molecule has 0 aromatic rings. The van der Waals surface area contributed by atoms with Crippen molar-refractivity contribution >= 4 is 78.5 Å². The molecule has 0 aromatic carbocycles. The zero-order chi connectivity index (χ0) is 38.9. The molecule has 29 heteroatoms. The average molecular weight is 845 g/mol. The van der Waals surface area contributed by atoms with Crippen molar-refractivity contribution in [2.45, 2.75) is 74.8 Å². The maximum atomic E-state index is 11.9. The normalized spacial score (nSPS) is 16.8. The van der Waals surface area contributed by atoms with Crippen molar-refractivity contribution in [1.82, 2.24) is 21.3 Å². The molecule has 0 aliphatic carbocycles. The standard InChI is InChI=1S/C22H56N6O17Si6/c23-7-1-15-48(37,41-46(33,34)13-3-9-25-19-29)43-51(40,18-6-12-28-22-32)45-50(39,16-2-8-24)44-49(38,17-5-11-27-21-31)42-47(35,36)14-4-10-26-20-30/h19-22,33-40H,1-18,23-24H2,(H,25,29)(H,26,30)(H,27,31)(H,28,32). The summed E-state index contributed by atoms with van der Waals surface area (Å²) in [6, 6.07) is -2.62. The first kappa shape index (κ1) is 49.6. The van der Waals surface area contributed by atoms with Crippen LogP contribution in [0.15, 0.2) is 0 Å². The van der Waals surface area contributed by atoms with Crippen LogP contribution in [0.2, 0.25) is 36.3 Å². The lowest BCUT2D eigenvalue weighted by molar-refractivity contribution is -0.110. The topological polar surface area (TPSA) is 376 Å². The average Bonchev–Trinajstić information content (AvgIpc) is 3.03. The molecule has 0 saturated carbocycles. The second-order valence-corrected chi connectivity index (χ2v) is 27.1. The van der Waals surface area contributed by atoms with Gasteiger partial charge in [-0.05, 0) is 51.6 Å². The Balaban J connectivity index is 6.72. The predicted octanol–water partition coefficient (Wildman–Crippen LogP) is -6.12. The first-order chi connectivity index (χ1) is 23.9. The Morgan fingerprint density at radius 2 is 0.627 bits per heavy atom. The van der Waals surface area contributed by atoms with Crippen LogP contribution >= 0.6 is 0 Å². The lowest BCUT2D eigenvalue weighted by atomic mass is 10.5. The summed E-state index contributed by atoms with van der Waals surface area (Å²) in [6.07, 6.45) is 1.49. The number of carbonyl (C=O) groups excluding carboxylic acids is 4. The van der Waals surface area contributed by atoms with E-state index < -0.39 is 89.1 Å². The van der Waals surface area contributed by atoms with E-state index in [1.165, 1.54) is 0 Å². The first-order valence-electron chi connectivity index (χ1n) is 16.3. The van der Waals surface area contributed by atoms with Crippen molar-refractivity contribution < 1.29 is 78.1 Å². The van der Waals surface area contributed by atoms with Gasteiger partial charge in [0.15, 0.2) is 0 Å². The summed E-state index contributed by atoms with van der Waals surface area (Å²) in [5, 5.41) is 9.41. The van der Waals surface area contributed by atoms with E-state index in [9.17, 15) is 57.5 Å². The van der Waals surface area contributed by atoms with Crippen LogP contribution in [0.4, 0.5) is 0 Å². The summed E-state index contributed by atoms with van der Waals surface area (Å²) in [5.74, 6) is 0. The van der Waals surface area contributed by atoms with Crippen LogP contribution in [0.25, 0.3) is 0 Å². The number of hydrogen-bond donors (Lipinski definition) is 14. The molecule has 4 amide bonds. The molecule has 4 unspecified atom stereocenters. The fraction of sp³-hybridized carbons (Fsp3) is 0.818. The lowest BCUT2D eigenvalue weighted by Gasteiger charge is -2.41. The van der Waals surface area contributed by atoms with Crippen LogP contribution in [0.3, 0.4) is 0 Å². The van der Waals surface area contributed by atoms with Gasteiger partial charge < -0.3 is 91.7 Å². The van der Waals surface area contributed by atoms with E-state index in [0.717, 1.165) is 0 Å². The molecule has 0 aliphatic heterocycles. The van der Waals surface area contributed by atoms with Crippen molar-refractivity contribution in [1.29, 1.82) is 0 Å². The van der Waals surface area contributed by atoms with Gasteiger partial charge in [-0.3, -0.25) is 19.2 Å². The van der Waals surface area contributed by atoms with Gasteiger partial charge in [0.1, 0.15) is 0 Å². The van der Waals surface area contributed by atoms with Crippen molar-refractivity contribution in [2.24, 2.45) is 11.5 Å². The van der Waals surface area contributed by atoms with Crippen LogP contribution in [0, 0.1) is 0 Å². The van der Waals surface area contributed by atoms with E-state index >= 15 is 0 Å². The van der Waals surface area contributed by atoms with Crippen LogP contribution in [-0.2, 0) is 39.8 Å². The zero-order valence-corrected chi connectivity index (χ0v) is 34.4. The van der Waals surface area contributed by atoms with E-state index in [-0.39, 0.29) is 77.8 Å². The Kier molecular flexibility index (Phi) is 24.9. The van der Waals surface area contributed by atoms with Gasteiger partial charge in [-0.25, -0.2) is 0 Å². The van der Waals surface area contributed by atoms with Gasteiger partial charge in [-0.15, -0.1) is 0 Å². The molecule has 16 N–H and O–H groups in total. The van der Waals surface area contributed by atoms with Crippen LogP contribution < -0.4 is 32.7 Å². The SMILES string of the molecule is NCCC[Si](O)(O[Si](O)(O)CCCNC=O)O[Si](O)(CCCNC=O)O[Si](O)(CCCN)O[Si](O)(CCCNC=O)O[Si](O)(O)CCCNC=O. The van der Waals surface area contributed by atoms with Gasteiger partial charge in [0, 0.05) is 62.4 Å². The highest BCUT2D eigenvalue weighted by Crippen LogP contribution is 2.32. The minimum Gasteiger partial charge on any atom is -0.391 e. The summed E-state index contributed by atoms with van der Waals surface area (Å²) >= 11 is 0. The minimum absolute atomic E-state index is 0.0137. The van der Waals surface area contributed by atoms with E-state index in [4.69, 9.17) is 32.0 Å². The molecule has 0 bridgehead atoms. The third-order valence-corrected chi connectivity index (χ3v) is 25.4. The van der Waals surface area contributed by atoms with Gasteiger partial charge in [0.2, 0.25) is 25.6 Å². The van der Waals surface area contributed by atoms with Crippen molar-refractivity contribution in [3.8, 4) is 0 Å². The smallest absolute Gasteiger partial charge is 0.391 e. The van der Waals surface area contributed by atoms with Crippen LogP contribution in [0.5, 0.6) is 0 Å². The molecule has 0 aliphatic rings. The second-order valence-electron chi connectivity index (χ2n) is 11.3. The molecule has 0 rings (SSSR count). The predicted molar refractivity (Wildman–Crippen MR) is 189 cm³/mol. The van der Waals surface area contributed by atoms with E-state index in [1.807, 2.05) is 0 Å². The summed E-state index contributed by atoms with van der Waals surface area (Å²) in [7, 11) is -29.3. The Hall–Kier alpha value is -1.42. The Morgan fingerprint density at radius 3 is 0.882 bits per heavy atom. The fourth-order valence-corrected chi connectivity index (χ4v) is 24.5. The summed E-state index contributed by atoms with van der Waals surface area (Å²) in [5.41, 5.74) is 11.3. The third-order valence-electron chi connectivity index (χ3n) is 6.60. The molecule has 300 valence electrons. The van der Waals surface area contributed by atoms with Gasteiger partial charge in [-0.2, -0.15) is 0 Å². The molecule has 0 saturated heterocycles. The van der Waals surface area contributed by atoms with Crippen molar-refractivity contribution in [3.05, 3.63) is 0 Å². The summed E-state index contributed by atoms with van der Waals surface area (Å²) < 4.78 is 28.1. The molecule has 51 heavy (non-hydrogen) atoms. The zero-order valence-electron chi connectivity index (χ0n) is 28.4. The van der Waals surface area contributed by atoms with Crippen LogP contribution in [0.1, 0.15) is 38.5 Å². The molecule has 0 spiro atoms. The number of carbonyl (C=O) groups is 4. The molecule has 23 nitrogen and oxygen atoms in total. The molecule has 4 atom stereocenters. The van der Waals surface area contributed by atoms with Crippen molar-refractivity contribution in [2.75, 3.05) is 39.3 Å². The maximum Gasteiger partial charge on any atom is 0.488 e. The third kappa shape index (κ3) is 23.8. The number of hydrogen-bond acceptors (Lipinski definition) is 19. The summed E-state index contributed by atoms with van der Waals surface area (Å²) in [6.45, 7) is -0.0517. The Labute approximate surface area is 302 Å². The van der Waals surface area contributed by atoms with E-state index in [2.05, 4.69) is 21.3 Å². The number of rotatable bonds is 36. The highest BCUT2D eigenvalue weighted by molar-refractivity contribution is 6.85. The summed E-state index contributed by atoms with van der Waals surface area (Å²) in [4.78, 5) is 132. The van der Waals surface area contributed by atoms with Gasteiger partial charge >= 0.3 is 52.8 Å². The fourth-order valence-electron chi connectivity index (χ4n) is 4.41. The highest BCUT2D eigenvalue weighted by Gasteiger charge is 2.60. The second kappa shape index (κ2) is 25.6. The molecule has 0 heterocycles. The Morgan fingerprint density at radius 1 is 0.392 bits per heavy atom. The Bertz CT molecular complexity index is 1010.